The van der Waals surface area contributed by atoms with Crippen molar-refractivity contribution in [1.82, 2.24) is 4.72 Å². The Morgan fingerprint density at radius 2 is 2.21 bits per heavy atom. The molecule has 9 heteroatoms. The van der Waals surface area contributed by atoms with Crippen LogP contribution >= 0.6 is 11.8 Å². The van der Waals surface area contributed by atoms with Gasteiger partial charge in [-0.2, -0.15) is 11.8 Å². The van der Waals surface area contributed by atoms with Crippen molar-refractivity contribution in [2.45, 2.75) is 17.4 Å². The Balaban J connectivity index is 2.27. The Morgan fingerprint density at radius 1 is 1.47 bits per heavy atom. The van der Waals surface area contributed by atoms with E-state index < -0.39 is 14.9 Å². The van der Waals surface area contributed by atoms with Gasteiger partial charge in [-0.25, -0.2) is 13.1 Å². The van der Waals surface area contributed by atoms with Crippen LogP contribution < -0.4 is 10.5 Å². The Labute approximate surface area is 114 Å². The van der Waals surface area contributed by atoms with E-state index in [0.717, 1.165) is 36.1 Å². The number of nitrogens with zero attached hydrogens (tertiary/aromatic N) is 1. The lowest BCUT2D eigenvalue weighted by Crippen LogP contribution is -2.34. The minimum Gasteiger partial charge on any atom is -0.397 e. The molecule has 1 aliphatic heterocycles. The van der Waals surface area contributed by atoms with Crippen LogP contribution in [0.15, 0.2) is 23.1 Å². The summed E-state index contributed by atoms with van der Waals surface area (Å²) in [5, 5.41) is 10.6. The highest BCUT2D eigenvalue weighted by Gasteiger charge is 2.25. The topological polar surface area (TPSA) is 115 Å². The second kappa shape index (κ2) is 5.35. The van der Waals surface area contributed by atoms with Gasteiger partial charge >= 0.3 is 0 Å². The highest BCUT2D eigenvalue weighted by molar-refractivity contribution is 7.99. The molecule has 104 valence electrons. The van der Waals surface area contributed by atoms with Crippen molar-refractivity contribution in [1.29, 1.82) is 0 Å². The van der Waals surface area contributed by atoms with Crippen LogP contribution in [0.5, 0.6) is 0 Å². The van der Waals surface area contributed by atoms with Crippen LogP contribution in [0.4, 0.5) is 11.4 Å². The molecule has 1 fully saturated rings. The first-order valence-electron chi connectivity index (χ1n) is 5.54. The first-order valence-corrected chi connectivity index (χ1v) is 8.18. The van der Waals surface area contributed by atoms with Crippen molar-refractivity contribution in [3.05, 3.63) is 28.3 Å². The second-order valence-corrected chi connectivity index (χ2v) is 6.99. The molecule has 1 unspecified atom stereocenters. The summed E-state index contributed by atoms with van der Waals surface area (Å²) in [6.07, 6.45) is 0.775. The van der Waals surface area contributed by atoms with Crippen LogP contribution in [0, 0.1) is 10.1 Å². The van der Waals surface area contributed by atoms with Crippen molar-refractivity contribution in [2.75, 3.05) is 17.2 Å². The number of benzene rings is 1. The molecule has 0 aliphatic carbocycles. The molecule has 0 radical (unpaired) electrons. The van der Waals surface area contributed by atoms with Gasteiger partial charge in [-0.05, 0) is 18.2 Å². The summed E-state index contributed by atoms with van der Waals surface area (Å²) in [5.74, 6) is 1.65. The molecular formula is C10H13N3O4S2. The fourth-order valence-corrected chi connectivity index (χ4v) is 4.45. The predicted octanol–water partition coefficient (Wildman–Crippen LogP) is 0.961. The molecule has 2 rings (SSSR count). The number of thioether (sulfide) groups is 1. The average Bonchev–Trinajstić information content (AvgIpc) is 2.80. The maximum Gasteiger partial charge on any atom is 0.271 e. The average molecular weight is 303 g/mol. The number of anilines is 1. The van der Waals surface area contributed by atoms with Crippen molar-refractivity contribution in [3.63, 3.8) is 0 Å². The molecule has 1 aliphatic rings. The van der Waals surface area contributed by atoms with Gasteiger partial charge < -0.3 is 5.73 Å². The number of sulfonamides is 1. The molecule has 3 N–H and O–H groups in total. The zero-order valence-corrected chi connectivity index (χ0v) is 11.5. The lowest BCUT2D eigenvalue weighted by atomic mass is 10.3. The first kappa shape index (κ1) is 14.1. The number of nitrogens with two attached hydrogens (primary N) is 1. The Hall–Kier alpha value is -1.32. The second-order valence-electron chi connectivity index (χ2n) is 4.16. The van der Waals surface area contributed by atoms with Crippen LogP contribution in [0.1, 0.15) is 6.42 Å². The number of nitro groups is 1. The SMILES string of the molecule is Nc1cc([N+](=O)[O-])ccc1S(=O)(=O)NC1CCSC1. The minimum atomic E-state index is -3.73. The van der Waals surface area contributed by atoms with Crippen LogP contribution in [0.25, 0.3) is 0 Å². The third-order valence-electron chi connectivity index (χ3n) is 2.75. The number of nitro benzene ring substituents is 1. The summed E-state index contributed by atoms with van der Waals surface area (Å²) in [4.78, 5) is 9.84. The van der Waals surface area contributed by atoms with Gasteiger partial charge in [0, 0.05) is 23.9 Å². The smallest absolute Gasteiger partial charge is 0.271 e. The number of hydrogen-bond acceptors (Lipinski definition) is 6. The number of rotatable bonds is 4. The molecule has 0 saturated carbocycles. The minimum absolute atomic E-state index is 0.107. The maximum absolute atomic E-state index is 12.1. The summed E-state index contributed by atoms with van der Waals surface area (Å²) in [6.45, 7) is 0. The molecule has 0 spiro atoms. The van der Waals surface area contributed by atoms with Crippen molar-refractivity contribution < 1.29 is 13.3 Å². The third-order valence-corrected chi connectivity index (χ3v) is 5.50. The van der Waals surface area contributed by atoms with Crippen molar-refractivity contribution in [2.24, 2.45) is 0 Å². The van der Waals surface area contributed by atoms with Crippen LogP contribution in [-0.2, 0) is 10.0 Å². The molecule has 0 bridgehead atoms. The Kier molecular flexibility index (Phi) is 3.97. The zero-order valence-electron chi connectivity index (χ0n) is 9.90. The van der Waals surface area contributed by atoms with E-state index in [9.17, 15) is 18.5 Å². The van der Waals surface area contributed by atoms with E-state index >= 15 is 0 Å². The predicted molar refractivity (Wildman–Crippen MR) is 73.6 cm³/mol. The largest absolute Gasteiger partial charge is 0.397 e. The number of hydrogen-bond donors (Lipinski definition) is 2. The van der Waals surface area contributed by atoms with E-state index in [2.05, 4.69) is 4.72 Å². The molecule has 1 saturated heterocycles. The normalized spacial score (nSPS) is 19.5. The Bertz CT molecular complexity index is 597. The van der Waals surface area contributed by atoms with Gasteiger partial charge in [0.2, 0.25) is 10.0 Å². The summed E-state index contributed by atoms with van der Waals surface area (Å²) >= 11 is 1.68. The van der Waals surface area contributed by atoms with E-state index in [1.54, 1.807) is 11.8 Å². The lowest BCUT2D eigenvalue weighted by Gasteiger charge is -2.13. The van der Waals surface area contributed by atoms with Gasteiger partial charge in [-0.3, -0.25) is 10.1 Å². The van der Waals surface area contributed by atoms with Crippen molar-refractivity contribution >= 4 is 33.2 Å². The number of nitrogens with one attached hydrogen (secondary N) is 1. The summed E-state index contributed by atoms with van der Waals surface area (Å²) in [6, 6.07) is 3.24. The van der Waals surface area contributed by atoms with E-state index in [1.165, 1.54) is 0 Å². The summed E-state index contributed by atoms with van der Waals surface area (Å²) in [5.41, 5.74) is 5.24. The van der Waals surface area contributed by atoms with E-state index in [4.69, 9.17) is 5.73 Å². The fourth-order valence-electron chi connectivity index (χ4n) is 1.80. The zero-order chi connectivity index (χ0) is 14.0. The summed E-state index contributed by atoms with van der Waals surface area (Å²) in [7, 11) is -3.73. The van der Waals surface area contributed by atoms with Crippen LogP contribution in [-0.4, -0.2) is 30.9 Å². The van der Waals surface area contributed by atoms with E-state index in [1.807, 2.05) is 0 Å². The van der Waals surface area contributed by atoms with Gasteiger partial charge in [0.15, 0.2) is 0 Å². The molecular weight excluding hydrogens is 290 g/mol. The highest BCUT2D eigenvalue weighted by atomic mass is 32.2. The molecule has 1 atom stereocenters. The molecule has 1 heterocycles. The molecule has 0 amide bonds. The van der Waals surface area contributed by atoms with Gasteiger partial charge in [-0.1, -0.05) is 0 Å². The monoisotopic (exact) mass is 303 g/mol. The maximum atomic E-state index is 12.1. The third kappa shape index (κ3) is 3.17. The standard InChI is InChI=1S/C10H13N3O4S2/c11-9-5-8(13(14)15)1-2-10(9)19(16,17)12-7-3-4-18-6-7/h1-2,5,7,12H,3-4,6,11H2. The quantitative estimate of drug-likeness (QED) is 0.486. The lowest BCUT2D eigenvalue weighted by molar-refractivity contribution is -0.384. The highest BCUT2D eigenvalue weighted by Crippen LogP contribution is 2.25. The van der Waals surface area contributed by atoms with E-state index in [0.29, 0.717) is 0 Å². The van der Waals surface area contributed by atoms with Gasteiger partial charge in [0.25, 0.3) is 5.69 Å². The molecule has 7 nitrogen and oxygen atoms in total. The molecule has 1 aromatic carbocycles. The first-order chi connectivity index (χ1) is 8.90. The molecule has 1 aromatic rings. The number of nitrogen functional groups attached to an aromatic ring is 1. The van der Waals surface area contributed by atoms with Gasteiger partial charge in [0.05, 0.1) is 10.6 Å². The van der Waals surface area contributed by atoms with E-state index in [-0.39, 0.29) is 22.3 Å². The number of non-ortho nitro benzene ring substituents is 1. The molecule has 19 heavy (non-hydrogen) atoms. The van der Waals surface area contributed by atoms with Crippen molar-refractivity contribution in [3.8, 4) is 0 Å². The molecule has 0 aromatic heterocycles. The summed E-state index contributed by atoms with van der Waals surface area (Å²) < 4.78 is 26.8. The fraction of sp³-hybridized carbons (Fsp3) is 0.400. The van der Waals surface area contributed by atoms with Gasteiger partial charge in [-0.15, -0.1) is 0 Å². The van der Waals surface area contributed by atoms with Crippen LogP contribution in [0.2, 0.25) is 0 Å². The Morgan fingerprint density at radius 3 is 2.74 bits per heavy atom. The van der Waals surface area contributed by atoms with Crippen LogP contribution in [0.3, 0.4) is 0 Å². The van der Waals surface area contributed by atoms with Gasteiger partial charge in [0.1, 0.15) is 4.90 Å².